The minimum absolute atomic E-state index is 0.0495. The lowest BCUT2D eigenvalue weighted by Crippen LogP contribution is -2.42. The molecule has 1 aromatic heterocycles. The highest BCUT2D eigenvalue weighted by Gasteiger charge is 2.29. The first-order chi connectivity index (χ1) is 14.4. The van der Waals surface area contributed by atoms with Crippen molar-refractivity contribution in [2.75, 3.05) is 19.7 Å². The van der Waals surface area contributed by atoms with Gasteiger partial charge in [-0.25, -0.2) is 4.39 Å². The van der Waals surface area contributed by atoms with E-state index in [0.29, 0.717) is 37.5 Å². The van der Waals surface area contributed by atoms with E-state index in [4.69, 9.17) is 16.3 Å². The summed E-state index contributed by atoms with van der Waals surface area (Å²) in [7, 11) is 0. The van der Waals surface area contributed by atoms with Crippen molar-refractivity contribution in [3.05, 3.63) is 87.4 Å². The van der Waals surface area contributed by atoms with Gasteiger partial charge < -0.3 is 9.64 Å². The van der Waals surface area contributed by atoms with E-state index in [2.05, 4.69) is 5.10 Å². The van der Waals surface area contributed by atoms with Crippen LogP contribution >= 0.6 is 11.6 Å². The zero-order valence-electron chi connectivity index (χ0n) is 16.9. The Morgan fingerprint density at radius 2 is 2.00 bits per heavy atom. The minimum atomic E-state index is -0.471. The number of carbonyl (C=O) groups excluding carboxylic acids is 1. The van der Waals surface area contributed by atoms with Gasteiger partial charge in [-0.15, -0.1) is 0 Å². The number of halogens is 2. The molecule has 0 saturated carbocycles. The molecule has 2 heterocycles. The molecule has 2 aromatic carbocycles. The maximum absolute atomic E-state index is 13.5. The van der Waals surface area contributed by atoms with Crippen molar-refractivity contribution in [2.45, 2.75) is 26.5 Å². The maximum atomic E-state index is 13.5. The lowest BCUT2D eigenvalue weighted by molar-refractivity contribution is -0.0229. The van der Waals surface area contributed by atoms with Gasteiger partial charge in [0, 0.05) is 12.2 Å². The molecule has 0 radical (unpaired) electrons. The van der Waals surface area contributed by atoms with E-state index < -0.39 is 5.82 Å². The van der Waals surface area contributed by atoms with Crippen molar-refractivity contribution in [1.29, 1.82) is 0 Å². The van der Waals surface area contributed by atoms with E-state index in [9.17, 15) is 9.18 Å². The van der Waals surface area contributed by atoms with Crippen LogP contribution in [0.1, 0.15) is 39.0 Å². The molecule has 0 spiro atoms. The summed E-state index contributed by atoms with van der Waals surface area (Å²) in [5.41, 5.74) is 4.06. The van der Waals surface area contributed by atoms with Crippen LogP contribution in [0.2, 0.25) is 5.02 Å². The standard InChI is InChI=1S/C23H23ClFN3O2/c1-15-22(16(2)28(26-15)13-17-6-4-3-5-7-17)23(29)27-10-11-30-21(14-27)18-8-9-20(25)19(24)12-18/h3-9,12,21H,10-11,13-14H2,1-2H3. The molecule has 1 amide bonds. The molecule has 1 atom stereocenters. The van der Waals surface area contributed by atoms with Gasteiger partial charge >= 0.3 is 0 Å². The Hall–Kier alpha value is -2.70. The first kappa shape index (κ1) is 20.6. The van der Waals surface area contributed by atoms with Gasteiger partial charge in [-0.3, -0.25) is 9.48 Å². The summed E-state index contributed by atoms with van der Waals surface area (Å²) in [5, 5.41) is 4.65. The number of ether oxygens (including phenoxy) is 1. The average Bonchev–Trinajstić information content (AvgIpc) is 3.03. The monoisotopic (exact) mass is 427 g/mol. The Morgan fingerprint density at radius 1 is 1.23 bits per heavy atom. The largest absolute Gasteiger partial charge is 0.370 e. The highest BCUT2D eigenvalue weighted by Crippen LogP contribution is 2.27. The topological polar surface area (TPSA) is 47.4 Å². The number of morpholine rings is 1. The smallest absolute Gasteiger partial charge is 0.257 e. The molecule has 1 aliphatic rings. The van der Waals surface area contributed by atoms with E-state index in [0.717, 1.165) is 16.8 Å². The molecule has 0 aliphatic carbocycles. The number of amides is 1. The summed E-state index contributed by atoms with van der Waals surface area (Å²) in [6.45, 7) is 5.67. The lowest BCUT2D eigenvalue weighted by Gasteiger charge is -2.33. The molecule has 1 saturated heterocycles. The molecule has 0 N–H and O–H groups in total. The highest BCUT2D eigenvalue weighted by molar-refractivity contribution is 6.30. The van der Waals surface area contributed by atoms with Crippen molar-refractivity contribution in [2.24, 2.45) is 0 Å². The number of rotatable bonds is 4. The summed E-state index contributed by atoms with van der Waals surface area (Å²) in [4.78, 5) is 15.1. The molecular weight excluding hydrogens is 405 g/mol. The third-order valence-electron chi connectivity index (χ3n) is 5.44. The van der Waals surface area contributed by atoms with Gasteiger partial charge in [-0.05, 0) is 37.1 Å². The van der Waals surface area contributed by atoms with Crippen LogP contribution in [0.3, 0.4) is 0 Å². The Kier molecular flexibility index (Phi) is 5.88. The zero-order chi connectivity index (χ0) is 21.3. The minimum Gasteiger partial charge on any atom is -0.370 e. The number of nitrogens with zero attached hydrogens (tertiary/aromatic N) is 3. The molecular formula is C23H23ClFN3O2. The first-order valence-corrected chi connectivity index (χ1v) is 10.3. The van der Waals surface area contributed by atoms with Gasteiger partial charge in [0.15, 0.2) is 0 Å². The van der Waals surface area contributed by atoms with Crippen LogP contribution in [-0.2, 0) is 11.3 Å². The number of benzene rings is 2. The molecule has 3 aromatic rings. The normalized spacial score (nSPS) is 16.7. The second-order valence-electron chi connectivity index (χ2n) is 7.47. The van der Waals surface area contributed by atoms with Crippen molar-refractivity contribution >= 4 is 17.5 Å². The van der Waals surface area contributed by atoms with Gasteiger partial charge in [0.05, 0.1) is 36.0 Å². The number of hydrogen-bond donors (Lipinski definition) is 0. The molecule has 1 fully saturated rings. The highest BCUT2D eigenvalue weighted by atomic mass is 35.5. The summed E-state index contributed by atoms with van der Waals surface area (Å²) < 4.78 is 21.2. The van der Waals surface area contributed by atoms with Crippen molar-refractivity contribution in [1.82, 2.24) is 14.7 Å². The Balaban J connectivity index is 1.54. The second kappa shape index (κ2) is 8.58. The summed E-state index contributed by atoms with van der Waals surface area (Å²) in [5.74, 6) is -0.535. The van der Waals surface area contributed by atoms with Gasteiger partial charge in [0.1, 0.15) is 11.9 Å². The van der Waals surface area contributed by atoms with Crippen molar-refractivity contribution in [3.8, 4) is 0 Å². The predicted octanol–water partition coefficient (Wildman–Crippen LogP) is 4.55. The zero-order valence-corrected chi connectivity index (χ0v) is 17.7. The van der Waals surface area contributed by atoms with Gasteiger partial charge in [0.25, 0.3) is 5.91 Å². The van der Waals surface area contributed by atoms with Gasteiger partial charge in [-0.2, -0.15) is 5.10 Å². The van der Waals surface area contributed by atoms with E-state index in [1.54, 1.807) is 17.0 Å². The van der Waals surface area contributed by atoms with Gasteiger partial charge in [0.2, 0.25) is 0 Å². The molecule has 7 heteroatoms. The fourth-order valence-electron chi connectivity index (χ4n) is 3.82. The van der Waals surface area contributed by atoms with E-state index in [1.807, 2.05) is 48.9 Å². The van der Waals surface area contributed by atoms with Crippen molar-refractivity contribution in [3.63, 3.8) is 0 Å². The SMILES string of the molecule is Cc1nn(Cc2ccccc2)c(C)c1C(=O)N1CCOC(c2ccc(F)c(Cl)c2)C1. The predicted molar refractivity (Wildman–Crippen MR) is 113 cm³/mol. The maximum Gasteiger partial charge on any atom is 0.257 e. The Morgan fingerprint density at radius 3 is 2.73 bits per heavy atom. The van der Waals surface area contributed by atoms with E-state index in [1.165, 1.54) is 6.07 Å². The van der Waals surface area contributed by atoms with E-state index >= 15 is 0 Å². The Bertz CT molecular complexity index is 1070. The Labute approximate surface area is 180 Å². The average molecular weight is 428 g/mol. The molecule has 156 valence electrons. The van der Waals surface area contributed by atoms with Crippen molar-refractivity contribution < 1.29 is 13.9 Å². The number of aryl methyl sites for hydroxylation is 1. The number of carbonyl (C=O) groups is 1. The fourth-order valence-corrected chi connectivity index (χ4v) is 4.01. The summed E-state index contributed by atoms with van der Waals surface area (Å²) in [6, 6.07) is 14.6. The third kappa shape index (κ3) is 4.11. The first-order valence-electron chi connectivity index (χ1n) is 9.88. The fraction of sp³-hybridized carbons (Fsp3) is 0.304. The molecule has 1 unspecified atom stereocenters. The summed E-state index contributed by atoms with van der Waals surface area (Å²) in [6.07, 6.45) is -0.347. The number of aromatic nitrogens is 2. The lowest BCUT2D eigenvalue weighted by atomic mass is 10.1. The summed E-state index contributed by atoms with van der Waals surface area (Å²) >= 11 is 5.92. The van der Waals surface area contributed by atoms with Crippen LogP contribution in [0.25, 0.3) is 0 Å². The second-order valence-corrected chi connectivity index (χ2v) is 7.88. The number of hydrogen-bond acceptors (Lipinski definition) is 3. The van der Waals surface area contributed by atoms with Crippen LogP contribution in [-0.4, -0.2) is 40.3 Å². The molecule has 0 bridgehead atoms. The van der Waals surface area contributed by atoms with Crippen LogP contribution in [0.15, 0.2) is 48.5 Å². The van der Waals surface area contributed by atoms with Crippen LogP contribution in [0.4, 0.5) is 4.39 Å². The molecule has 5 nitrogen and oxygen atoms in total. The third-order valence-corrected chi connectivity index (χ3v) is 5.73. The van der Waals surface area contributed by atoms with E-state index in [-0.39, 0.29) is 17.0 Å². The molecule has 30 heavy (non-hydrogen) atoms. The van der Waals surface area contributed by atoms with Gasteiger partial charge in [-0.1, -0.05) is 48.0 Å². The van der Waals surface area contributed by atoms with Crippen LogP contribution in [0, 0.1) is 19.7 Å². The quantitative estimate of drug-likeness (QED) is 0.613. The molecule has 4 rings (SSSR count). The van der Waals surface area contributed by atoms with Crippen LogP contribution in [0.5, 0.6) is 0 Å². The van der Waals surface area contributed by atoms with Crippen LogP contribution < -0.4 is 0 Å². The molecule has 1 aliphatic heterocycles.